The largest absolute Gasteiger partial charge is 0.573 e. The number of aromatic nitrogens is 2. The number of carbonyl (C=O) groups is 1. The molecule has 0 radical (unpaired) electrons. The summed E-state index contributed by atoms with van der Waals surface area (Å²) in [5.74, 6) is -0.881. The van der Waals surface area contributed by atoms with Crippen LogP contribution in [-0.2, 0) is 4.74 Å². The summed E-state index contributed by atoms with van der Waals surface area (Å²) in [7, 11) is 0. The highest BCUT2D eigenvalue weighted by Gasteiger charge is 2.31. The molecule has 2 heterocycles. The SMILES string of the molecule is CC(OC(=O)c1ccnc2[nH]ccc12)c1ccc(OC(F)(F)F)cc1. The molecule has 0 amide bonds. The van der Waals surface area contributed by atoms with E-state index < -0.39 is 18.4 Å². The van der Waals surface area contributed by atoms with Crippen LogP contribution in [0.15, 0.2) is 48.8 Å². The Morgan fingerprint density at radius 3 is 2.56 bits per heavy atom. The van der Waals surface area contributed by atoms with Gasteiger partial charge in [0.2, 0.25) is 0 Å². The fourth-order valence-electron chi connectivity index (χ4n) is 2.37. The second-order valence-corrected chi connectivity index (χ2v) is 5.26. The van der Waals surface area contributed by atoms with Crippen molar-refractivity contribution in [3.8, 4) is 5.75 Å². The van der Waals surface area contributed by atoms with Crippen LogP contribution in [0.25, 0.3) is 11.0 Å². The summed E-state index contributed by atoms with van der Waals surface area (Å²) in [6.07, 6.45) is -2.24. The number of aromatic amines is 1. The van der Waals surface area contributed by atoms with Crippen LogP contribution in [0.1, 0.15) is 28.9 Å². The van der Waals surface area contributed by atoms with Gasteiger partial charge in [0.25, 0.3) is 0 Å². The van der Waals surface area contributed by atoms with E-state index in [2.05, 4.69) is 14.7 Å². The average molecular weight is 350 g/mol. The maximum absolute atomic E-state index is 12.4. The molecule has 0 aliphatic rings. The Bertz CT molecular complexity index is 888. The van der Waals surface area contributed by atoms with Crippen molar-refractivity contribution in [1.82, 2.24) is 9.97 Å². The van der Waals surface area contributed by atoms with Crippen molar-refractivity contribution in [3.63, 3.8) is 0 Å². The number of benzene rings is 1. The van der Waals surface area contributed by atoms with Gasteiger partial charge in [-0.05, 0) is 36.8 Å². The van der Waals surface area contributed by atoms with Crippen molar-refractivity contribution in [3.05, 3.63) is 59.9 Å². The standard InChI is InChI=1S/C17H13F3N2O3/c1-10(11-2-4-12(5-3-11)25-17(18,19)20)24-16(23)14-7-9-22-15-13(14)6-8-21-15/h2-10H,1H3,(H,21,22). The Morgan fingerprint density at radius 1 is 1.16 bits per heavy atom. The van der Waals surface area contributed by atoms with Crippen LogP contribution in [0.5, 0.6) is 5.75 Å². The summed E-state index contributed by atoms with van der Waals surface area (Å²) in [6, 6.07) is 8.43. The quantitative estimate of drug-likeness (QED) is 0.709. The second kappa shape index (κ2) is 6.46. The minimum absolute atomic E-state index is 0.335. The first-order chi connectivity index (χ1) is 11.8. The first kappa shape index (κ1) is 16.8. The van der Waals surface area contributed by atoms with Crippen LogP contribution < -0.4 is 4.74 Å². The molecule has 0 saturated carbocycles. The number of alkyl halides is 3. The summed E-state index contributed by atoms with van der Waals surface area (Å²) in [5.41, 5.74) is 1.47. The van der Waals surface area contributed by atoms with Gasteiger partial charge in [0.05, 0.1) is 5.56 Å². The van der Waals surface area contributed by atoms with E-state index in [1.165, 1.54) is 30.5 Å². The molecule has 0 aliphatic heterocycles. The fourth-order valence-corrected chi connectivity index (χ4v) is 2.37. The molecule has 2 aromatic heterocycles. The van der Waals surface area contributed by atoms with E-state index in [9.17, 15) is 18.0 Å². The summed E-state index contributed by atoms with van der Waals surface area (Å²) in [4.78, 5) is 19.3. The van der Waals surface area contributed by atoms with E-state index in [-0.39, 0.29) is 5.75 Å². The highest BCUT2D eigenvalue weighted by Crippen LogP contribution is 2.26. The Balaban J connectivity index is 1.72. The molecule has 3 rings (SSSR count). The molecule has 1 atom stereocenters. The van der Waals surface area contributed by atoms with Gasteiger partial charge in [-0.3, -0.25) is 0 Å². The van der Waals surface area contributed by atoms with E-state index in [0.717, 1.165) is 0 Å². The van der Waals surface area contributed by atoms with E-state index >= 15 is 0 Å². The number of hydrogen-bond acceptors (Lipinski definition) is 4. The number of pyridine rings is 1. The van der Waals surface area contributed by atoms with E-state index in [4.69, 9.17) is 4.74 Å². The molecule has 5 nitrogen and oxygen atoms in total. The van der Waals surface area contributed by atoms with Gasteiger partial charge in [0.1, 0.15) is 17.5 Å². The zero-order valence-electron chi connectivity index (χ0n) is 13.0. The molecule has 0 fully saturated rings. The van der Waals surface area contributed by atoms with Crippen LogP contribution in [-0.4, -0.2) is 22.3 Å². The van der Waals surface area contributed by atoms with Gasteiger partial charge in [0.15, 0.2) is 0 Å². The van der Waals surface area contributed by atoms with Crippen LogP contribution in [0, 0.1) is 0 Å². The number of esters is 1. The highest BCUT2D eigenvalue weighted by molar-refractivity contribution is 6.02. The molecule has 1 aromatic carbocycles. The van der Waals surface area contributed by atoms with Crippen molar-refractivity contribution in [1.29, 1.82) is 0 Å². The predicted octanol–water partition coefficient (Wildman–Crippen LogP) is 4.38. The highest BCUT2D eigenvalue weighted by atomic mass is 19.4. The Labute approximate surface area is 140 Å². The minimum atomic E-state index is -4.75. The molecule has 0 bridgehead atoms. The van der Waals surface area contributed by atoms with Gasteiger partial charge in [-0.15, -0.1) is 13.2 Å². The third-order valence-corrected chi connectivity index (χ3v) is 3.55. The number of nitrogens with one attached hydrogen (secondary N) is 1. The van der Waals surface area contributed by atoms with Crippen molar-refractivity contribution >= 4 is 17.0 Å². The maximum Gasteiger partial charge on any atom is 0.573 e. The number of fused-ring (bicyclic) bond motifs is 1. The number of halogens is 3. The number of carbonyl (C=O) groups excluding carboxylic acids is 1. The van der Waals surface area contributed by atoms with Crippen LogP contribution >= 0.6 is 0 Å². The number of ether oxygens (including phenoxy) is 2. The molecule has 0 saturated heterocycles. The van der Waals surface area contributed by atoms with Gasteiger partial charge < -0.3 is 14.5 Å². The Morgan fingerprint density at radius 2 is 1.88 bits per heavy atom. The molecule has 8 heteroatoms. The van der Waals surface area contributed by atoms with Gasteiger partial charge in [-0.2, -0.15) is 0 Å². The topological polar surface area (TPSA) is 64.2 Å². The van der Waals surface area contributed by atoms with Gasteiger partial charge in [-0.25, -0.2) is 9.78 Å². The smallest absolute Gasteiger partial charge is 0.454 e. The van der Waals surface area contributed by atoms with Crippen molar-refractivity contribution < 1.29 is 27.4 Å². The lowest BCUT2D eigenvalue weighted by Gasteiger charge is -2.15. The monoisotopic (exact) mass is 350 g/mol. The number of H-pyrrole nitrogens is 1. The zero-order valence-corrected chi connectivity index (χ0v) is 13.0. The Hall–Kier alpha value is -3.03. The van der Waals surface area contributed by atoms with E-state index in [1.807, 2.05) is 0 Å². The summed E-state index contributed by atoms with van der Waals surface area (Å²) >= 11 is 0. The summed E-state index contributed by atoms with van der Waals surface area (Å²) in [6.45, 7) is 1.63. The maximum atomic E-state index is 12.4. The van der Waals surface area contributed by atoms with Crippen molar-refractivity contribution in [2.24, 2.45) is 0 Å². The summed E-state index contributed by atoms with van der Waals surface area (Å²) in [5, 5.41) is 0.633. The molecule has 0 spiro atoms. The molecular weight excluding hydrogens is 337 g/mol. The normalized spacial score (nSPS) is 12.8. The van der Waals surface area contributed by atoms with Crippen LogP contribution in [0.2, 0.25) is 0 Å². The van der Waals surface area contributed by atoms with Gasteiger partial charge in [-0.1, -0.05) is 12.1 Å². The lowest BCUT2D eigenvalue weighted by atomic mass is 10.1. The lowest BCUT2D eigenvalue weighted by molar-refractivity contribution is -0.274. The predicted molar refractivity (Wildman–Crippen MR) is 83.0 cm³/mol. The molecular formula is C17H13F3N2O3. The third kappa shape index (κ3) is 3.90. The first-order valence-electron chi connectivity index (χ1n) is 7.32. The first-order valence-corrected chi connectivity index (χ1v) is 7.32. The van der Waals surface area contributed by atoms with E-state index in [0.29, 0.717) is 22.2 Å². The number of hydrogen-bond donors (Lipinski definition) is 1. The molecule has 3 aromatic rings. The van der Waals surface area contributed by atoms with Crippen LogP contribution in [0.4, 0.5) is 13.2 Å². The average Bonchev–Trinajstić information content (AvgIpc) is 3.02. The van der Waals surface area contributed by atoms with Crippen molar-refractivity contribution in [2.75, 3.05) is 0 Å². The van der Waals surface area contributed by atoms with E-state index in [1.54, 1.807) is 25.3 Å². The molecule has 130 valence electrons. The molecule has 25 heavy (non-hydrogen) atoms. The fraction of sp³-hybridized carbons (Fsp3) is 0.176. The Kier molecular flexibility index (Phi) is 4.35. The minimum Gasteiger partial charge on any atom is -0.454 e. The van der Waals surface area contributed by atoms with Gasteiger partial charge >= 0.3 is 12.3 Å². The lowest BCUT2D eigenvalue weighted by Crippen LogP contribution is -2.17. The number of rotatable bonds is 4. The number of nitrogens with zero attached hydrogens (tertiary/aromatic N) is 1. The molecule has 1 N–H and O–H groups in total. The summed E-state index contributed by atoms with van der Waals surface area (Å²) < 4.78 is 45.7. The zero-order chi connectivity index (χ0) is 18.0. The molecule has 0 aliphatic carbocycles. The van der Waals surface area contributed by atoms with Crippen molar-refractivity contribution in [2.45, 2.75) is 19.4 Å². The molecule has 1 unspecified atom stereocenters. The van der Waals surface area contributed by atoms with Crippen LogP contribution in [0.3, 0.4) is 0 Å². The third-order valence-electron chi connectivity index (χ3n) is 3.55. The van der Waals surface area contributed by atoms with Gasteiger partial charge in [0, 0.05) is 17.8 Å². The second-order valence-electron chi connectivity index (χ2n) is 5.26.